The normalized spacial score (nSPS) is 18.6. The Balaban J connectivity index is 2.02. The molecule has 1 aliphatic heterocycles. The summed E-state index contributed by atoms with van der Waals surface area (Å²) in [6.07, 6.45) is -3.80. The van der Waals surface area contributed by atoms with Crippen molar-refractivity contribution in [1.29, 1.82) is 0 Å². The van der Waals surface area contributed by atoms with Gasteiger partial charge in [-0.3, -0.25) is 10.2 Å². The van der Waals surface area contributed by atoms with Gasteiger partial charge in [0, 0.05) is 29.9 Å². The van der Waals surface area contributed by atoms with Gasteiger partial charge in [-0.2, -0.15) is 13.2 Å². The number of carbonyl (C=O) groups is 1. The number of nitrogens with one attached hydrogen (secondary N) is 2. The second-order valence-corrected chi connectivity index (χ2v) is 8.29. The lowest BCUT2D eigenvalue weighted by molar-refractivity contribution is -0.136. The zero-order valence-electron chi connectivity index (χ0n) is 20.3. The van der Waals surface area contributed by atoms with Crippen LogP contribution in [0.1, 0.15) is 35.6 Å². The van der Waals surface area contributed by atoms with Gasteiger partial charge in [-0.15, -0.1) is 6.58 Å². The molecule has 0 bridgehead atoms. The number of azide groups is 1. The highest BCUT2D eigenvalue weighted by atomic mass is 19.4. The van der Waals surface area contributed by atoms with Crippen LogP contribution in [0.3, 0.4) is 0 Å². The standard InChI is InChI=1S/C25H27F3N6O4/c1-2-12-24(23(36)33-31-16-25(26,27)28)21(20-7-4-3-6-18(20)15-30-34-29)38-22(32-24)17-8-10-19(11-9-17)37-14-5-13-35/h2-4,6-11,21,31,35H,1,5,12-16H2,(H,33,36)/t21-,24-/m0/s1. The van der Waals surface area contributed by atoms with Crippen LogP contribution in [0.2, 0.25) is 0 Å². The van der Waals surface area contributed by atoms with E-state index in [2.05, 4.69) is 27.0 Å². The molecule has 13 heteroatoms. The van der Waals surface area contributed by atoms with Gasteiger partial charge in [0.05, 0.1) is 13.2 Å². The molecule has 0 spiro atoms. The number of nitrogens with zero attached hydrogens (tertiary/aromatic N) is 4. The predicted octanol–water partition coefficient (Wildman–Crippen LogP) is 4.27. The molecule has 0 aliphatic carbocycles. The molecule has 1 heterocycles. The molecule has 0 unspecified atom stereocenters. The number of alkyl halides is 3. The third-order valence-corrected chi connectivity index (χ3v) is 5.62. The second-order valence-electron chi connectivity index (χ2n) is 8.29. The van der Waals surface area contributed by atoms with Crippen molar-refractivity contribution in [2.75, 3.05) is 19.8 Å². The molecular formula is C25H27F3N6O4. The third kappa shape index (κ3) is 7.03. The van der Waals surface area contributed by atoms with Crippen LogP contribution in [0.25, 0.3) is 10.4 Å². The minimum Gasteiger partial charge on any atom is -0.494 e. The van der Waals surface area contributed by atoms with E-state index in [0.717, 1.165) is 0 Å². The molecule has 0 saturated heterocycles. The van der Waals surface area contributed by atoms with E-state index >= 15 is 0 Å². The summed E-state index contributed by atoms with van der Waals surface area (Å²) >= 11 is 0. The first-order chi connectivity index (χ1) is 18.2. The monoisotopic (exact) mass is 532 g/mol. The Morgan fingerprint density at radius 2 is 2.03 bits per heavy atom. The van der Waals surface area contributed by atoms with Crippen LogP contribution in [-0.4, -0.2) is 48.4 Å². The van der Waals surface area contributed by atoms with E-state index in [4.69, 9.17) is 20.1 Å². The lowest BCUT2D eigenvalue weighted by Gasteiger charge is -2.30. The van der Waals surface area contributed by atoms with E-state index < -0.39 is 30.3 Å². The Morgan fingerprint density at radius 1 is 1.29 bits per heavy atom. The number of ether oxygens (including phenoxy) is 2. The maximum absolute atomic E-state index is 13.4. The van der Waals surface area contributed by atoms with Crippen LogP contribution >= 0.6 is 0 Å². The number of amides is 1. The van der Waals surface area contributed by atoms with E-state index in [1.807, 2.05) is 5.43 Å². The zero-order valence-corrected chi connectivity index (χ0v) is 20.3. The van der Waals surface area contributed by atoms with Crippen LogP contribution in [0.15, 0.2) is 71.3 Å². The maximum atomic E-state index is 13.4. The Bertz CT molecular complexity index is 1200. The number of aliphatic hydroxyl groups is 1. The maximum Gasteiger partial charge on any atom is 0.402 e. The number of aliphatic imine (C=N–C) groups is 1. The van der Waals surface area contributed by atoms with Crippen LogP contribution in [0.4, 0.5) is 13.2 Å². The summed E-state index contributed by atoms with van der Waals surface area (Å²) < 4.78 is 49.9. The van der Waals surface area contributed by atoms with Crippen LogP contribution in [0, 0.1) is 0 Å². The molecule has 0 radical (unpaired) electrons. The van der Waals surface area contributed by atoms with Crippen molar-refractivity contribution >= 4 is 11.8 Å². The highest BCUT2D eigenvalue weighted by Crippen LogP contribution is 2.44. The molecule has 1 aliphatic rings. The average Bonchev–Trinajstić information content (AvgIpc) is 3.28. The molecule has 3 N–H and O–H groups in total. The molecule has 38 heavy (non-hydrogen) atoms. The number of hydrogen-bond acceptors (Lipinski definition) is 7. The van der Waals surface area contributed by atoms with Crippen LogP contribution in [-0.2, 0) is 16.1 Å². The van der Waals surface area contributed by atoms with Gasteiger partial charge < -0.3 is 14.6 Å². The minimum atomic E-state index is -4.55. The fourth-order valence-corrected chi connectivity index (χ4v) is 3.89. The fraction of sp³-hybridized carbons (Fsp3) is 0.360. The summed E-state index contributed by atoms with van der Waals surface area (Å²) in [5.74, 6) is -0.226. The van der Waals surface area contributed by atoms with E-state index in [0.29, 0.717) is 35.5 Å². The Hall–Kier alpha value is -4.06. The lowest BCUT2D eigenvalue weighted by atomic mass is 9.83. The van der Waals surface area contributed by atoms with Gasteiger partial charge >= 0.3 is 6.18 Å². The number of hydrogen-bond donors (Lipinski definition) is 3. The van der Waals surface area contributed by atoms with Crippen molar-refractivity contribution < 1.29 is 32.5 Å². The fourth-order valence-electron chi connectivity index (χ4n) is 3.89. The van der Waals surface area contributed by atoms with Crippen molar-refractivity contribution in [1.82, 2.24) is 10.9 Å². The Labute approximate surface area is 216 Å². The van der Waals surface area contributed by atoms with Crippen molar-refractivity contribution in [3.8, 4) is 5.75 Å². The predicted molar refractivity (Wildman–Crippen MR) is 133 cm³/mol. The van der Waals surface area contributed by atoms with Crippen molar-refractivity contribution in [3.05, 3.63) is 88.3 Å². The summed E-state index contributed by atoms with van der Waals surface area (Å²) in [5.41, 5.74) is 12.6. The highest BCUT2D eigenvalue weighted by molar-refractivity contribution is 6.01. The van der Waals surface area contributed by atoms with Gasteiger partial charge in [0.2, 0.25) is 5.90 Å². The molecule has 2 atom stereocenters. The van der Waals surface area contributed by atoms with E-state index in [1.165, 1.54) is 6.08 Å². The SMILES string of the molecule is C=CC[C@]1(C(=O)NNCC(F)(F)F)N=C(c2ccc(OCCCO)cc2)O[C@H]1c1ccccc1CN=[N+]=[N-]. The molecule has 0 fully saturated rings. The molecule has 0 saturated carbocycles. The van der Waals surface area contributed by atoms with Crippen LogP contribution < -0.4 is 15.6 Å². The Kier molecular flexibility index (Phi) is 9.72. The van der Waals surface area contributed by atoms with E-state index in [9.17, 15) is 18.0 Å². The third-order valence-electron chi connectivity index (χ3n) is 5.62. The number of hydrazine groups is 1. The molecule has 2 aromatic carbocycles. The number of halogens is 3. The van der Waals surface area contributed by atoms with Crippen molar-refractivity contribution in [3.63, 3.8) is 0 Å². The second kappa shape index (κ2) is 13.0. The molecule has 10 nitrogen and oxygen atoms in total. The number of aliphatic hydroxyl groups excluding tert-OH is 1. The van der Waals surface area contributed by atoms with Crippen LogP contribution in [0.5, 0.6) is 5.75 Å². The average molecular weight is 533 g/mol. The van der Waals surface area contributed by atoms with Crippen molar-refractivity contribution in [2.45, 2.75) is 37.2 Å². The first kappa shape index (κ1) is 28.5. The summed E-state index contributed by atoms with van der Waals surface area (Å²) in [6.45, 7) is 2.54. The molecule has 3 rings (SSSR count). The first-order valence-electron chi connectivity index (χ1n) is 11.6. The van der Waals surface area contributed by atoms with Gasteiger partial charge in [-0.25, -0.2) is 10.4 Å². The quantitative estimate of drug-likeness (QED) is 0.0882. The lowest BCUT2D eigenvalue weighted by Crippen LogP contribution is -2.54. The first-order valence-corrected chi connectivity index (χ1v) is 11.6. The summed E-state index contributed by atoms with van der Waals surface area (Å²) in [7, 11) is 0. The number of benzene rings is 2. The van der Waals surface area contributed by atoms with Gasteiger partial charge in [0.25, 0.3) is 5.91 Å². The number of carbonyl (C=O) groups excluding carboxylic acids is 1. The summed E-state index contributed by atoms with van der Waals surface area (Å²) in [4.78, 5) is 20.8. The van der Waals surface area contributed by atoms with Gasteiger partial charge in [0.1, 0.15) is 12.3 Å². The molecule has 2 aromatic rings. The molecular weight excluding hydrogens is 505 g/mol. The molecule has 202 valence electrons. The smallest absolute Gasteiger partial charge is 0.402 e. The summed E-state index contributed by atoms with van der Waals surface area (Å²) in [5, 5.41) is 12.5. The number of rotatable bonds is 13. The zero-order chi connectivity index (χ0) is 27.6. The Morgan fingerprint density at radius 3 is 2.68 bits per heavy atom. The topological polar surface area (TPSA) is 141 Å². The summed E-state index contributed by atoms with van der Waals surface area (Å²) in [6, 6.07) is 13.5. The van der Waals surface area contributed by atoms with Gasteiger partial charge in [-0.05, 0) is 40.9 Å². The van der Waals surface area contributed by atoms with Crippen molar-refractivity contribution in [2.24, 2.45) is 10.1 Å². The highest BCUT2D eigenvalue weighted by Gasteiger charge is 2.53. The largest absolute Gasteiger partial charge is 0.494 e. The van der Waals surface area contributed by atoms with Gasteiger partial charge in [-0.1, -0.05) is 35.5 Å². The van der Waals surface area contributed by atoms with E-state index in [-0.39, 0.29) is 25.5 Å². The van der Waals surface area contributed by atoms with E-state index in [1.54, 1.807) is 48.5 Å². The molecule has 0 aromatic heterocycles. The molecule has 1 amide bonds. The minimum absolute atomic E-state index is 0.00342. The van der Waals surface area contributed by atoms with Gasteiger partial charge in [0.15, 0.2) is 11.6 Å².